The number of hydrogen-bond donors (Lipinski definition) is 1. The van der Waals surface area contributed by atoms with Crippen molar-refractivity contribution >= 4 is 5.91 Å². The van der Waals surface area contributed by atoms with Crippen LogP contribution in [0.5, 0.6) is 0 Å². The van der Waals surface area contributed by atoms with Crippen LogP contribution < -0.4 is 5.32 Å². The maximum atomic E-state index is 12.8. The van der Waals surface area contributed by atoms with E-state index in [1.165, 1.54) is 25.7 Å². The fourth-order valence-electron chi connectivity index (χ4n) is 3.54. The van der Waals surface area contributed by atoms with Gasteiger partial charge in [0.2, 0.25) is 0 Å². The highest BCUT2D eigenvalue weighted by molar-refractivity contribution is 5.84. The highest BCUT2D eigenvalue weighted by atomic mass is 16.5. The van der Waals surface area contributed by atoms with Gasteiger partial charge in [0.25, 0.3) is 5.91 Å². The van der Waals surface area contributed by atoms with Crippen molar-refractivity contribution in [2.24, 2.45) is 5.92 Å². The Morgan fingerprint density at radius 3 is 2.50 bits per heavy atom. The van der Waals surface area contributed by atoms with E-state index in [1.54, 1.807) is 7.11 Å². The van der Waals surface area contributed by atoms with Crippen LogP contribution in [-0.2, 0) is 9.53 Å². The summed E-state index contributed by atoms with van der Waals surface area (Å²) in [5.41, 5.74) is -0.699. The quantitative estimate of drug-likeness (QED) is 0.862. The van der Waals surface area contributed by atoms with Gasteiger partial charge in [-0.2, -0.15) is 0 Å². The van der Waals surface area contributed by atoms with Gasteiger partial charge in [-0.3, -0.25) is 4.79 Å². The first-order valence-electron chi connectivity index (χ1n) is 8.13. The molecule has 116 valence electrons. The SMILES string of the molecule is COC(C)(C)C(=O)N1CCCCCC1C1CCNCC1. The summed E-state index contributed by atoms with van der Waals surface area (Å²) >= 11 is 0. The molecule has 0 spiro atoms. The zero-order valence-electron chi connectivity index (χ0n) is 13.3. The highest BCUT2D eigenvalue weighted by Crippen LogP contribution is 2.30. The van der Waals surface area contributed by atoms with Gasteiger partial charge in [-0.05, 0) is 58.5 Å². The number of amides is 1. The summed E-state index contributed by atoms with van der Waals surface area (Å²) in [6.07, 6.45) is 7.19. The summed E-state index contributed by atoms with van der Waals surface area (Å²) in [6, 6.07) is 0.418. The van der Waals surface area contributed by atoms with Gasteiger partial charge in [0.05, 0.1) is 0 Å². The number of methoxy groups -OCH3 is 1. The molecule has 1 unspecified atom stereocenters. The fraction of sp³-hybridized carbons (Fsp3) is 0.938. The highest BCUT2D eigenvalue weighted by Gasteiger charge is 2.38. The van der Waals surface area contributed by atoms with Crippen molar-refractivity contribution in [3.05, 3.63) is 0 Å². The van der Waals surface area contributed by atoms with E-state index in [-0.39, 0.29) is 5.91 Å². The van der Waals surface area contributed by atoms with Crippen LogP contribution in [0.3, 0.4) is 0 Å². The number of nitrogens with zero attached hydrogens (tertiary/aromatic N) is 1. The monoisotopic (exact) mass is 282 g/mol. The van der Waals surface area contributed by atoms with Crippen molar-refractivity contribution in [2.75, 3.05) is 26.7 Å². The van der Waals surface area contributed by atoms with Gasteiger partial charge in [-0.15, -0.1) is 0 Å². The Morgan fingerprint density at radius 1 is 1.15 bits per heavy atom. The van der Waals surface area contributed by atoms with Crippen LogP contribution in [0.4, 0.5) is 0 Å². The molecule has 0 aromatic rings. The first-order valence-corrected chi connectivity index (χ1v) is 8.13. The van der Waals surface area contributed by atoms with Crippen molar-refractivity contribution < 1.29 is 9.53 Å². The average molecular weight is 282 g/mol. The molecule has 0 bridgehead atoms. The average Bonchev–Trinajstić information content (AvgIpc) is 2.73. The van der Waals surface area contributed by atoms with Crippen molar-refractivity contribution in [1.82, 2.24) is 10.2 Å². The van der Waals surface area contributed by atoms with Crippen molar-refractivity contribution in [1.29, 1.82) is 0 Å². The number of piperidine rings is 1. The number of rotatable bonds is 3. The Hall–Kier alpha value is -0.610. The summed E-state index contributed by atoms with van der Waals surface area (Å²) < 4.78 is 5.43. The van der Waals surface area contributed by atoms with E-state index in [0.717, 1.165) is 32.5 Å². The second-order valence-electron chi connectivity index (χ2n) is 6.72. The Bertz CT molecular complexity index is 324. The maximum Gasteiger partial charge on any atom is 0.254 e. The first kappa shape index (κ1) is 15.8. The van der Waals surface area contributed by atoms with Crippen LogP contribution in [0.1, 0.15) is 52.4 Å². The van der Waals surface area contributed by atoms with Gasteiger partial charge in [0.1, 0.15) is 5.60 Å². The molecule has 2 rings (SSSR count). The van der Waals surface area contributed by atoms with E-state index < -0.39 is 5.60 Å². The summed E-state index contributed by atoms with van der Waals surface area (Å²) in [7, 11) is 1.63. The molecule has 0 saturated carbocycles. The maximum absolute atomic E-state index is 12.8. The van der Waals surface area contributed by atoms with Crippen molar-refractivity contribution in [3.8, 4) is 0 Å². The zero-order valence-corrected chi connectivity index (χ0v) is 13.3. The van der Waals surface area contributed by atoms with E-state index in [1.807, 2.05) is 13.8 Å². The van der Waals surface area contributed by atoms with Gasteiger partial charge in [0.15, 0.2) is 0 Å². The molecule has 4 nitrogen and oxygen atoms in total. The van der Waals surface area contributed by atoms with Gasteiger partial charge < -0.3 is 15.0 Å². The topological polar surface area (TPSA) is 41.6 Å². The number of likely N-dealkylation sites (tertiary alicyclic amines) is 1. The lowest BCUT2D eigenvalue weighted by molar-refractivity contribution is -0.155. The van der Waals surface area contributed by atoms with Gasteiger partial charge in [-0.25, -0.2) is 0 Å². The smallest absolute Gasteiger partial charge is 0.254 e. The van der Waals surface area contributed by atoms with E-state index in [2.05, 4.69) is 10.2 Å². The lowest BCUT2D eigenvalue weighted by atomic mass is 9.86. The molecule has 2 aliphatic rings. The van der Waals surface area contributed by atoms with Crippen molar-refractivity contribution in [3.63, 3.8) is 0 Å². The summed E-state index contributed by atoms with van der Waals surface area (Å²) in [5.74, 6) is 0.830. The predicted octanol–water partition coefficient (Wildman–Crippen LogP) is 2.18. The molecule has 0 radical (unpaired) electrons. The zero-order chi connectivity index (χ0) is 14.6. The largest absolute Gasteiger partial charge is 0.369 e. The van der Waals surface area contributed by atoms with Crippen LogP contribution in [-0.4, -0.2) is 49.2 Å². The number of nitrogens with one attached hydrogen (secondary N) is 1. The van der Waals surface area contributed by atoms with Crippen LogP contribution in [0, 0.1) is 5.92 Å². The summed E-state index contributed by atoms with van der Waals surface area (Å²) in [5, 5.41) is 3.43. The number of hydrogen-bond acceptors (Lipinski definition) is 3. The second-order valence-corrected chi connectivity index (χ2v) is 6.72. The standard InChI is InChI=1S/C16H30N2O2/c1-16(2,20-3)15(19)18-12-6-4-5-7-14(18)13-8-10-17-11-9-13/h13-14,17H,4-12H2,1-3H3. The molecule has 0 aliphatic carbocycles. The van der Waals surface area contributed by atoms with Gasteiger partial charge in [-0.1, -0.05) is 12.8 Å². The molecule has 2 aliphatic heterocycles. The molecular weight excluding hydrogens is 252 g/mol. The molecule has 1 atom stereocenters. The fourth-order valence-corrected chi connectivity index (χ4v) is 3.54. The summed E-state index contributed by atoms with van der Waals surface area (Å²) in [6.45, 7) is 6.87. The Kier molecular flexibility index (Phi) is 5.44. The van der Waals surface area contributed by atoms with Crippen LogP contribution in [0.2, 0.25) is 0 Å². The third-order valence-corrected chi connectivity index (χ3v) is 5.01. The van der Waals surface area contributed by atoms with E-state index >= 15 is 0 Å². The Morgan fingerprint density at radius 2 is 1.85 bits per heavy atom. The van der Waals surface area contributed by atoms with Gasteiger partial charge in [0, 0.05) is 19.7 Å². The molecule has 1 amide bonds. The third kappa shape index (κ3) is 3.53. The second kappa shape index (κ2) is 6.90. The van der Waals surface area contributed by atoms with Crippen LogP contribution in [0.25, 0.3) is 0 Å². The summed E-state index contributed by atoms with van der Waals surface area (Å²) in [4.78, 5) is 15.0. The third-order valence-electron chi connectivity index (χ3n) is 5.01. The normalized spacial score (nSPS) is 26.4. The van der Waals surface area contributed by atoms with Gasteiger partial charge >= 0.3 is 0 Å². The minimum atomic E-state index is -0.699. The Labute approximate surface area is 123 Å². The van der Waals surface area contributed by atoms with E-state index in [4.69, 9.17) is 4.74 Å². The minimum Gasteiger partial charge on any atom is -0.369 e. The van der Waals surface area contributed by atoms with Crippen LogP contribution >= 0.6 is 0 Å². The molecule has 2 fully saturated rings. The molecule has 1 N–H and O–H groups in total. The molecule has 2 saturated heterocycles. The van der Waals surface area contributed by atoms with E-state index in [0.29, 0.717) is 12.0 Å². The molecule has 0 aromatic carbocycles. The lowest BCUT2D eigenvalue weighted by Crippen LogP contribution is -2.53. The van der Waals surface area contributed by atoms with Crippen LogP contribution in [0.15, 0.2) is 0 Å². The predicted molar refractivity (Wildman–Crippen MR) is 80.7 cm³/mol. The molecule has 20 heavy (non-hydrogen) atoms. The van der Waals surface area contributed by atoms with E-state index in [9.17, 15) is 4.79 Å². The first-order chi connectivity index (χ1) is 9.56. The Balaban J connectivity index is 2.14. The number of ether oxygens (including phenoxy) is 1. The number of carbonyl (C=O) groups is 1. The molecule has 0 aromatic heterocycles. The lowest BCUT2D eigenvalue weighted by Gasteiger charge is -2.41. The minimum absolute atomic E-state index is 0.172. The molecule has 4 heteroatoms. The molecule has 2 heterocycles. The van der Waals surface area contributed by atoms with Crippen molar-refractivity contribution in [2.45, 2.75) is 64.0 Å². The molecular formula is C16H30N2O2. The number of carbonyl (C=O) groups excluding carboxylic acids is 1.